The van der Waals surface area contributed by atoms with Crippen molar-refractivity contribution in [3.05, 3.63) is 29.8 Å². The average Bonchev–Trinajstić information content (AvgIpc) is 2.48. The molecule has 0 amide bonds. The molecule has 0 atom stereocenters. The number of likely N-dealkylation sites (tertiary alicyclic amines) is 1. The molecule has 2 rings (SSSR count). The van der Waals surface area contributed by atoms with Gasteiger partial charge in [0.2, 0.25) is 0 Å². The van der Waals surface area contributed by atoms with Crippen LogP contribution in [0, 0.1) is 0 Å². The number of nitrogens with zero attached hydrogens (tertiary/aromatic N) is 1. The van der Waals surface area contributed by atoms with Gasteiger partial charge < -0.3 is 10.1 Å². The van der Waals surface area contributed by atoms with Crippen LogP contribution in [0.4, 0.5) is 0 Å². The Morgan fingerprint density at radius 2 is 1.76 bits per heavy atom. The third kappa shape index (κ3) is 6.06. The van der Waals surface area contributed by atoms with Crippen LogP contribution in [0.25, 0.3) is 0 Å². The maximum absolute atomic E-state index is 6.03. The number of ether oxygens (including phenoxy) is 1. The Balaban J connectivity index is 1.76. The fourth-order valence-electron chi connectivity index (χ4n) is 2.87. The van der Waals surface area contributed by atoms with Gasteiger partial charge in [-0.05, 0) is 38.5 Å². The lowest BCUT2D eigenvalue weighted by Gasteiger charge is -2.24. The monoisotopic (exact) mass is 290 g/mol. The Bertz CT molecular complexity index is 387. The van der Waals surface area contributed by atoms with Crippen molar-refractivity contribution < 1.29 is 4.74 Å². The molecule has 1 N–H and O–H groups in total. The van der Waals surface area contributed by atoms with Crippen LogP contribution < -0.4 is 10.1 Å². The molecule has 0 unspecified atom stereocenters. The second-order valence-corrected chi connectivity index (χ2v) is 5.85. The van der Waals surface area contributed by atoms with Crippen molar-refractivity contribution in [1.82, 2.24) is 10.2 Å². The molecule has 3 nitrogen and oxygen atoms in total. The summed E-state index contributed by atoms with van der Waals surface area (Å²) in [6.07, 6.45) is 6.89. The van der Waals surface area contributed by atoms with Gasteiger partial charge in [0, 0.05) is 18.7 Å². The van der Waals surface area contributed by atoms with Gasteiger partial charge in [-0.25, -0.2) is 0 Å². The van der Waals surface area contributed by atoms with Gasteiger partial charge in [-0.2, -0.15) is 0 Å². The Morgan fingerprint density at radius 3 is 2.52 bits per heavy atom. The lowest BCUT2D eigenvalue weighted by molar-refractivity contribution is 0.195. The zero-order valence-electron chi connectivity index (χ0n) is 13.4. The van der Waals surface area contributed by atoms with E-state index in [1.807, 2.05) is 0 Å². The van der Waals surface area contributed by atoms with Crippen molar-refractivity contribution in [3.8, 4) is 5.75 Å². The van der Waals surface area contributed by atoms with Crippen LogP contribution in [0.2, 0.25) is 0 Å². The first-order chi connectivity index (χ1) is 10.4. The summed E-state index contributed by atoms with van der Waals surface area (Å²) >= 11 is 0. The Kier molecular flexibility index (Phi) is 7.61. The lowest BCUT2D eigenvalue weighted by atomic mass is 10.1. The minimum atomic E-state index is 0.795. The molecule has 1 aliphatic rings. The largest absolute Gasteiger partial charge is 0.492 e. The van der Waals surface area contributed by atoms with E-state index in [4.69, 9.17) is 4.74 Å². The zero-order valence-corrected chi connectivity index (χ0v) is 13.4. The summed E-state index contributed by atoms with van der Waals surface area (Å²) in [7, 11) is 0. The molecular formula is C18H30N2O. The van der Waals surface area contributed by atoms with E-state index in [0.717, 1.165) is 32.0 Å². The zero-order chi connectivity index (χ0) is 14.8. The van der Waals surface area contributed by atoms with E-state index in [2.05, 4.69) is 41.4 Å². The summed E-state index contributed by atoms with van der Waals surface area (Å²) < 4.78 is 6.03. The molecule has 21 heavy (non-hydrogen) atoms. The fourth-order valence-corrected chi connectivity index (χ4v) is 2.87. The SMILES string of the molecule is CCNCc1ccccc1OCCN1CCCCCCC1. The molecule has 1 aromatic carbocycles. The highest BCUT2D eigenvalue weighted by atomic mass is 16.5. The quantitative estimate of drug-likeness (QED) is 0.832. The number of hydrogen-bond acceptors (Lipinski definition) is 3. The van der Waals surface area contributed by atoms with Gasteiger partial charge in [-0.3, -0.25) is 4.90 Å². The first kappa shape index (κ1) is 16.3. The molecular weight excluding hydrogens is 260 g/mol. The normalized spacial score (nSPS) is 17.2. The van der Waals surface area contributed by atoms with E-state index in [1.54, 1.807) is 0 Å². The van der Waals surface area contributed by atoms with Gasteiger partial charge in [-0.15, -0.1) is 0 Å². The summed E-state index contributed by atoms with van der Waals surface area (Å²) in [5.74, 6) is 1.03. The van der Waals surface area contributed by atoms with Gasteiger partial charge >= 0.3 is 0 Å². The van der Waals surface area contributed by atoms with Crippen LogP contribution in [0.3, 0.4) is 0 Å². The van der Waals surface area contributed by atoms with Gasteiger partial charge in [0.1, 0.15) is 12.4 Å². The number of para-hydroxylation sites is 1. The molecule has 0 spiro atoms. The first-order valence-electron chi connectivity index (χ1n) is 8.54. The summed E-state index contributed by atoms with van der Waals surface area (Å²) in [5, 5.41) is 3.37. The van der Waals surface area contributed by atoms with Crippen molar-refractivity contribution >= 4 is 0 Å². The molecule has 0 saturated carbocycles. The standard InChI is InChI=1S/C18H30N2O/c1-2-19-16-17-10-6-7-11-18(17)21-15-14-20-12-8-4-3-5-9-13-20/h6-7,10-11,19H,2-5,8-9,12-16H2,1H3. The predicted octanol–water partition coefficient (Wildman–Crippen LogP) is 3.44. The highest BCUT2D eigenvalue weighted by Gasteiger charge is 2.08. The Labute approximate surface area is 129 Å². The van der Waals surface area contributed by atoms with E-state index >= 15 is 0 Å². The van der Waals surface area contributed by atoms with Gasteiger partial charge in [0.05, 0.1) is 0 Å². The van der Waals surface area contributed by atoms with Crippen LogP contribution >= 0.6 is 0 Å². The van der Waals surface area contributed by atoms with E-state index in [-0.39, 0.29) is 0 Å². The van der Waals surface area contributed by atoms with Crippen molar-refractivity contribution in [2.75, 3.05) is 32.8 Å². The second-order valence-electron chi connectivity index (χ2n) is 5.85. The highest BCUT2D eigenvalue weighted by Crippen LogP contribution is 2.18. The van der Waals surface area contributed by atoms with Gasteiger partial charge in [-0.1, -0.05) is 44.4 Å². The average molecular weight is 290 g/mol. The van der Waals surface area contributed by atoms with Crippen LogP contribution in [-0.4, -0.2) is 37.7 Å². The summed E-state index contributed by atoms with van der Waals surface area (Å²) in [6.45, 7) is 8.33. The molecule has 3 heteroatoms. The van der Waals surface area contributed by atoms with Crippen LogP contribution in [-0.2, 0) is 6.54 Å². The molecule has 1 aliphatic heterocycles. The second kappa shape index (κ2) is 9.80. The number of hydrogen-bond donors (Lipinski definition) is 1. The third-order valence-electron chi connectivity index (χ3n) is 4.15. The predicted molar refractivity (Wildman–Crippen MR) is 88.8 cm³/mol. The Hall–Kier alpha value is -1.06. The smallest absolute Gasteiger partial charge is 0.123 e. The molecule has 1 aromatic rings. The maximum Gasteiger partial charge on any atom is 0.123 e. The van der Waals surface area contributed by atoms with Crippen LogP contribution in [0.5, 0.6) is 5.75 Å². The van der Waals surface area contributed by atoms with E-state index < -0.39 is 0 Å². The minimum Gasteiger partial charge on any atom is -0.492 e. The van der Waals surface area contributed by atoms with Gasteiger partial charge in [0.15, 0.2) is 0 Å². The van der Waals surface area contributed by atoms with Gasteiger partial charge in [0.25, 0.3) is 0 Å². The van der Waals surface area contributed by atoms with E-state index in [9.17, 15) is 0 Å². The molecule has 0 aromatic heterocycles. The molecule has 0 bridgehead atoms. The summed E-state index contributed by atoms with van der Waals surface area (Å²) in [4.78, 5) is 2.56. The van der Waals surface area contributed by atoms with Crippen molar-refractivity contribution in [1.29, 1.82) is 0 Å². The molecule has 1 fully saturated rings. The lowest BCUT2D eigenvalue weighted by Crippen LogP contribution is -2.31. The number of nitrogens with one attached hydrogen (secondary N) is 1. The molecule has 0 radical (unpaired) electrons. The first-order valence-corrected chi connectivity index (χ1v) is 8.54. The topological polar surface area (TPSA) is 24.5 Å². The van der Waals surface area contributed by atoms with Crippen molar-refractivity contribution in [3.63, 3.8) is 0 Å². The number of benzene rings is 1. The van der Waals surface area contributed by atoms with Crippen molar-refractivity contribution in [2.45, 2.75) is 45.6 Å². The molecule has 1 heterocycles. The number of rotatable bonds is 7. The Morgan fingerprint density at radius 1 is 1.05 bits per heavy atom. The summed E-state index contributed by atoms with van der Waals surface area (Å²) in [6, 6.07) is 8.37. The van der Waals surface area contributed by atoms with Crippen LogP contribution in [0.15, 0.2) is 24.3 Å². The third-order valence-corrected chi connectivity index (χ3v) is 4.15. The van der Waals surface area contributed by atoms with E-state index in [0.29, 0.717) is 0 Å². The van der Waals surface area contributed by atoms with Crippen LogP contribution in [0.1, 0.15) is 44.6 Å². The minimum absolute atomic E-state index is 0.795. The molecule has 118 valence electrons. The highest BCUT2D eigenvalue weighted by molar-refractivity contribution is 5.33. The van der Waals surface area contributed by atoms with Crippen molar-refractivity contribution in [2.24, 2.45) is 0 Å². The molecule has 1 saturated heterocycles. The maximum atomic E-state index is 6.03. The van der Waals surface area contributed by atoms with E-state index in [1.165, 1.54) is 50.8 Å². The fraction of sp³-hybridized carbons (Fsp3) is 0.667. The molecule has 0 aliphatic carbocycles. The summed E-state index contributed by atoms with van der Waals surface area (Å²) in [5.41, 5.74) is 1.26.